The van der Waals surface area contributed by atoms with Crippen LogP contribution in [-0.2, 0) is 24.2 Å². The van der Waals surface area contributed by atoms with Crippen molar-refractivity contribution in [1.29, 1.82) is 0 Å². The first-order chi connectivity index (χ1) is 13.5. The molecule has 1 atom stereocenters. The van der Waals surface area contributed by atoms with Crippen LogP contribution in [0.25, 0.3) is 0 Å². The molecule has 2 aliphatic heterocycles. The molecule has 0 bridgehead atoms. The van der Waals surface area contributed by atoms with Gasteiger partial charge in [-0.3, -0.25) is 4.57 Å². The van der Waals surface area contributed by atoms with Crippen molar-refractivity contribution in [2.75, 3.05) is 39.1 Å². The van der Waals surface area contributed by atoms with E-state index in [2.05, 4.69) is 5.16 Å². The normalized spacial score (nSPS) is 21.3. The molecule has 1 spiro atoms. The summed E-state index contributed by atoms with van der Waals surface area (Å²) in [6.45, 7) is 4.63. The van der Waals surface area contributed by atoms with E-state index < -0.39 is 19.1 Å². The number of fused-ring (bicyclic) bond motifs is 2. The molecule has 1 N–H and O–H groups in total. The monoisotopic (exact) mass is 416 g/mol. The predicted octanol–water partition coefficient (Wildman–Crippen LogP) is 3.06. The zero-order chi connectivity index (χ0) is 20.2. The highest BCUT2D eigenvalue weighted by Gasteiger charge is 2.52. The van der Waals surface area contributed by atoms with Crippen molar-refractivity contribution in [2.45, 2.75) is 32.4 Å². The maximum absolute atomic E-state index is 14.0. The highest BCUT2D eigenvalue weighted by molar-refractivity contribution is 7.54. The summed E-state index contributed by atoms with van der Waals surface area (Å²) in [6, 6.07) is 4.25. The van der Waals surface area contributed by atoms with Gasteiger partial charge in [0.1, 0.15) is 17.7 Å². The van der Waals surface area contributed by atoms with Crippen LogP contribution in [0.4, 0.5) is 4.39 Å². The standard InChI is InChI=1S/C18H26FN2O6P/c1-3-25-28(23,26-4-2)13-17-20-27-18(21(17)9-5-10-22)8-11-24-16-7-6-14(19)12-15(16)18/h6-7,12,22H,3-5,8-11,13H2,1-2H3. The lowest BCUT2D eigenvalue weighted by Gasteiger charge is -2.41. The number of nitrogens with zero attached hydrogens (tertiary/aromatic N) is 2. The largest absolute Gasteiger partial charge is 0.493 e. The SMILES string of the molecule is CCOP(=O)(CC1=NOC2(CCOc3ccc(F)cc32)N1CCCO)OCC. The molecule has 0 aromatic heterocycles. The molecule has 1 unspecified atom stereocenters. The van der Waals surface area contributed by atoms with E-state index in [0.29, 0.717) is 43.1 Å². The number of hydrogen-bond acceptors (Lipinski definition) is 8. The molecule has 8 nitrogen and oxygen atoms in total. The van der Waals surface area contributed by atoms with Crippen molar-refractivity contribution in [2.24, 2.45) is 5.16 Å². The second kappa shape index (κ2) is 8.78. The Hall–Kier alpha value is -1.67. The number of halogens is 1. The number of benzene rings is 1. The van der Waals surface area contributed by atoms with Crippen molar-refractivity contribution >= 4 is 13.4 Å². The lowest BCUT2D eigenvalue weighted by Crippen LogP contribution is -2.50. The molecular weight excluding hydrogens is 390 g/mol. The zero-order valence-corrected chi connectivity index (χ0v) is 17.0. The Labute approximate surface area is 163 Å². The minimum atomic E-state index is -3.42. The molecule has 10 heteroatoms. The molecule has 28 heavy (non-hydrogen) atoms. The van der Waals surface area contributed by atoms with Gasteiger partial charge in [-0.2, -0.15) is 0 Å². The van der Waals surface area contributed by atoms with Gasteiger partial charge >= 0.3 is 7.60 Å². The Morgan fingerprint density at radius 3 is 2.79 bits per heavy atom. The summed E-state index contributed by atoms with van der Waals surface area (Å²) in [5, 5.41) is 13.5. The molecule has 0 fully saturated rings. The fourth-order valence-electron chi connectivity index (χ4n) is 3.53. The molecular formula is C18H26FN2O6P. The zero-order valence-electron chi connectivity index (χ0n) is 16.1. The Bertz CT molecular complexity index is 766. The number of aliphatic hydroxyl groups excluding tert-OH is 1. The molecule has 156 valence electrons. The minimum absolute atomic E-state index is 0.0407. The third-order valence-corrected chi connectivity index (χ3v) is 6.61. The number of rotatable bonds is 9. The number of aliphatic hydroxyl groups is 1. The van der Waals surface area contributed by atoms with Gasteiger partial charge in [0.25, 0.3) is 0 Å². The summed E-state index contributed by atoms with van der Waals surface area (Å²) in [7, 11) is -3.42. The molecule has 1 aromatic carbocycles. The maximum atomic E-state index is 14.0. The predicted molar refractivity (Wildman–Crippen MR) is 101 cm³/mol. The van der Waals surface area contributed by atoms with Gasteiger partial charge in [0, 0.05) is 19.6 Å². The minimum Gasteiger partial charge on any atom is -0.493 e. The Morgan fingerprint density at radius 1 is 1.36 bits per heavy atom. The molecule has 3 rings (SSSR count). The van der Waals surface area contributed by atoms with Gasteiger partial charge in [-0.1, -0.05) is 5.16 Å². The fraction of sp³-hybridized carbons (Fsp3) is 0.611. The summed E-state index contributed by atoms with van der Waals surface area (Å²) in [4.78, 5) is 7.65. The number of ether oxygens (including phenoxy) is 1. The molecule has 0 saturated heterocycles. The Balaban J connectivity index is 1.96. The van der Waals surface area contributed by atoms with E-state index in [1.54, 1.807) is 19.9 Å². The van der Waals surface area contributed by atoms with E-state index >= 15 is 0 Å². The van der Waals surface area contributed by atoms with E-state index in [9.17, 15) is 14.1 Å². The summed E-state index contributed by atoms with van der Waals surface area (Å²) < 4.78 is 43.4. The van der Waals surface area contributed by atoms with E-state index in [4.69, 9.17) is 18.6 Å². The van der Waals surface area contributed by atoms with Crippen LogP contribution in [0.1, 0.15) is 32.3 Å². The first-order valence-corrected chi connectivity index (χ1v) is 11.2. The fourth-order valence-corrected chi connectivity index (χ4v) is 5.14. The highest BCUT2D eigenvalue weighted by atomic mass is 31.2. The maximum Gasteiger partial charge on any atom is 0.338 e. The molecule has 0 amide bonds. The van der Waals surface area contributed by atoms with Crippen LogP contribution in [0, 0.1) is 5.82 Å². The Morgan fingerprint density at radius 2 is 2.11 bits per heavy atom. The van der Waals surface area contributed by atoms with E-state index in [-0.39, 0.29) is 26.0 Å². The van der Waals surface area contributed by atoms with E-state index in [1.807, 2.05) is 4.90 Å². The number of amidine groups is 1. The third kappa shape index (κ3) is 4.03. The highest BCUT2D eigenvalue weighted by Crippen LogP contribution is 2.52. The third-order valence-electron chi connectivity index (χ3n) is 4.64. The first kappa shape index (κ1) is 21.0. The first-order valence-electron chi connectivity index (χ1n) is 9.42. The van der Waals surface area contributed by atoms with Crippen molar-refractivity contribution in [3.63, 3.8) is 0 Å². The summed E-state index contributed by atoms with van der Waals surface area (Å²) in [5.74, 6) is 0.476. The lowest BCUT2D eigenvalue weighted by molar-refractivity contribution is -0.128. The summed E-state index contributed by atoms with van der Waals surface area (Å²) >= 11 is 0. The summed E-state index contributed by atoms with van der Waals surface area (Å²) in [6.07, 6.45) is 0.756. The molecule has 2 aliphatic rings. The number of hydrogen-bond donors (Lipinski definition) is 1. The van der Waals surface area contributed by atoms with Crippen LogP contribution >= 0.6 is 7.60 Å². The molecule has 2 heterocycles. The van der Waals surface area contributed by atoms with Crippen LogP contribution in [0.15, 0.2) is 23.4 Å². The van der Waals surface area contributed by atoms with Crippen LogP contribution in [0.2, 0.25) is 0 Å². The lowest BCUT2D eigenvalue weighted by atomic mass is 9.94. The average Bonchev–Trinajstić information content (AvgIpc) is 2.98. The van der Waals surface area contributed by atoms with Crippen LogP contribution in [0.3, 0.4) is 0 Å². The Kier molecular flexibility index (Phi) is 6.60. The van der Waals surface area contributed by atoms with Gasteiger partial charge in [-0.15, -0.1) is 0 Å². The van der Waals surface area contributed by atoms with Crippen molar-refractivity contribution in [3.8, 4) is 5.75 Å². The molecule has 1 aromatic rings. The van der Waals surface area contributed by atoms with Gasteiger partial charge in [-0.25, -0.2) is 4.39 Å². The van der Waals surface area contributed by atoms with Gasteiger partial charge < -0.3 is 28.6 Å². The molecule has 0 saturated carbocycles. The molecule has 0 radical (unpaired) electrons. The second-order valence-electron chi connectivity index (χ2n) is 6.46. The van der Waals surface area contributed by atoms with Gasteiger partial charge in [-0.05, 0) is 38.5 Å². The smallest absolute Gasteiger partial charge is 0.338 e. The van der Waals surface area contributed by atoms with Crippen LogP contribution in [-0.4, -0.2) is 55.0 Å². The topological polar surface area (TPSA) is 89.8 Å². The average molecular weight is 416 g/mol. The summed E-state index contributed by atoms with van der Waals surface area (Å²) in [5.41, 5.74) is -0.568. The quantitative estimate of drug-likeness (QED) is 0.619. The van der Waals surface area contributed by atoms with Crippen LogP contribution in [0.5, 0.6) is 5.75 Å². The van der Waals surface area contributed by atoms with E-state index in [0.717, 1.165) is 0 Å². The van der Waals surface area contributed by atoms with Gasteiger partial charge in [0.05, 0.1) is 25.4 Å². The van der Waals surface area contributed by atoms with Crippen molar-refractivity contribution < 1.29 is 32.7 Å². The van der Waals surface area contributed by atoms with Crippen LogP contribution < -0.4 is 4.74 Å². The number of oxime groups is 1. The van der Waals surface area contributed by atoms with E-state index in [1.165, 1.54) is 12.1 Å². The molecule has 0 aliphatic carbocycles. The second-order valence-corrected chi connectivity index (χ2v) is 8.51. The van der Waals surface area contributed by atoms with Crippen molar-refractivity contribution in [1.82, 2.24) is 4.90 Å². The van der Waals surface area contributed by atoms with Gasteiger partial charge in [0.2, 0.25) is 5.72 Å². The van der Waals surface area contributed by atoms with Crippen molar-refractivity contribution in [3.05, 3.63) is 29.6 Å². The van der Waals surface area contributed by atoms with Gasteiger partial charge in [0.15, 0.2) is 5.84 Å².